The highest BCUT2D eigenvalue weighted by Gasteiger charge is 2.58. The first-order valence-corrected chi connectivity index (χ1v) is 9.82. The van der Waals surface area contributed by atoms with Gasteiger partial charge in [0, 0.05) is 29.4 Å². The molecule has 0 heterocycles. The van der Waals surface area contributed by atoms with E-state index in [-0.39, 0.29) is 17.6 Å². The highest BCUT2D eigenvalue weighted by atomic mass is 16.6. The van der Waals surface area contributed by atoms with Crippen LogP contribution in [0.25, 0.3) is 5.76 Å². The standard InChI is InChI=1S/C21H20N2O9/c1-5-3-9(23(31)32)17(26)11-7(5)4-8-12(18(11)27)19(28)13-10(16(8)25)6(2)15(24)14(20(13)29)21(22)30/h3,6,8,10,13,16,24-27H,4H2,1-2H3,(H2,22,30)/t6-,8?,10?,13?,16-/m0/s1. The van der Waals surface area contributed by atoms with Crippen LogP contribution in [0.1, 0.15) is 23.6 Å². The quantitative estimate of drug-likeness (QED) is 0.189. The molecule has 6 N–H and O–H groups in total. The molecule has 11 heteroatoms. The second-order valence-electron chi connectivity index (χ2n) is 8.43. The first kappa shape index (κ1) is 21.5. The number of aliphatic hydroxyl groups is 3. The van der Waals surface area contributed by atoms with Gasteiger partial charge in [0.05, 0.1) is 22.5 Å². The molecule has 3 unspecified atom stereocenters. The van der Waals surface area contributed by atoms with Crippen molar-refractivity contribution < 1.29 is 39.7 Å². The van der Waals surface area contributed by atoms with Crippen molar-refractivity contribution in [2.24, 2.45) is 29.4 Å². The number of nitrogens with zero attached hydrogens (tertiary/aromatic N) is 1. The van der Waals surface area contributed by atoms with E-state index in [2.05, 4.69) is 0 Å². The maximum atomic E-state index is 13.4. The van der Waals surface area contributed by atoms with Crippen LogP contribution >= 0.6 is 0 Å². The summed E-state index contributed by atoms with van der Waals surface area (Å²) in [6, 6.07) is 1.13. The van der Waals surface area contributed by atoms with Gasteiger partial charge in [0.1, 0.15) is 17.1 Å². The van der Waals surface area contributed by atoms with Crippen LogP contribution < -0.4 is 5.73 Å². The Morgan fingerprint density at radius 1 is 1.22 bits per heavy atom. The molecule has 4 rings (SSSR count). The first-order valence-electron chi connectivity index (χ1n) is 9.82. The van der Waals surface area contributed by atoms with Crippen molar-refractivity contribution in [1.82, 2.24) is 0 Å². The third-order valence-electron chi connectivity index (χ3n) is 6.87. The maximum absolute atomic E-state index is 13.4. The van der Waals surface area contributed by atoms with E-state index >= 15 is 0 Å². The summed E-state index contributed by atoms with van der Waals surface area (Å²) in [5.74, 6) is -9.98. The van der Waals surface area contributed by atoms with E-state index in [4.69, 9.17) is 5.73 Å². The number of aryl methyl sites for hydroxylation is 1. The third-order valence-corrected chi connectivity index (χ3v) is 6.87. The van der Waals surface area contributed by atoms with Gasteiger partial charge in [-0.3, -0.25) is 24.5 Å². The highest BCUT2D eigenvalue weighted by Crippen LogP contribution is 2.52. The number of carbonyl (C=O) groups excluding carboxylic acids is 3. The molecule has 3 aliphatic rings. The maximum Gasteiger partial charge on any atom is 0.311 e. The van der Waals surface area contributed by atoms with Crippen molar-refractivity contribution >= 4 is 28.9 Å². The summed E-state index contributed by atoms with van der Waals surface area (Å²) in [5.41, 5.74) is 3.83. The average Bonchev–Trinajstić information content (AvgIpc) is 2.70. The van der Waals surface area contributed by atoms with Crippen LogP contribution in [0.3, 0.4) is 0 Å². The fourth-order valence-corrected chi connectivity index (χ4v) is 5.33. The van der Waals surface area contributed by atoms with Crippen molar-refractivity contribution in [3.05, 3.63) is 49.8 Å². The Kier molecular flexibility index (Phi) is 4.63. The molecule has 0 saturated heterocycles. The summed E-state index contributed by atoms with van der Waals surface area (Å²) < 4.78 is 0. The number of rotatable bonds is 2. The predicted octanol–water partition coefficient (Wildman–Crippen LogP) is 0.742. The Balaban J connectivity index is 1.96. The number of benzene rings is 1. The molecule has 0 radical (unpaired) electrons. The molecule has 1 amide bonds. The minimum absolute atomic E-state index is 0.0453. The Bertz CT molecular complexity index is 1200. The summed E-state index contributed by atoms with van der Waals surface area (Å²) in [6.45, 7) is 2.98. The van der Waals surface area contributed by atoms with E-state index in [9.17, 15) is 44.9 Å². The second kappa shape index (κ2) is 6.89. The monoisotopic (exact) mass is 444 g/mol. The molecular formula is C21H20N2O9. The normalized spacial score (nSPS) is 29.4. The summed E-state index contributed by atoms with van der Waals surface area (Å²) >= 11 is 0. The zero-order chi connectivity index (χ0) is 23.8. The number of phenols is 1. The lowest BCUT2D eigenvalue weighted by molar-refractivity contribution is -0.386. The molecule has 11 nitrogen and oxygen atoms in total. The van der Waals surface area contributed by atoms with Crippen molar-refractivity contribution in [3.63, 3.8) is 0 Å². The fraction of sp³-hybridized carbons (Fsp3) is 0.381. The number of hydrogen-bond donors (Lipinski definition) is 5. The number of ketones is 2. The van der Waals surface area contributed by atoms with Crippen LogP contribution in [0, 0.1) is 40.7 Å². The van der Waals surface area contributed by atoms with Gasteiger partial charge in [-0.2, -0.15) is 0 Å². The molecule has 0 aromatic heterocycles. The molecule has 0 spiro atoms. The van der Waals surface area contributed by atoms with E-state index in [1.807, 2.05) is 0 Å². The summed E-state index contributed by atoms with van der Waals surface area (Å²) in [4.78, 5) is 48.5. The number of allylic oxidation sites excluding steroid dienone is 1. The number of nitro benzene ring substituents is 1. The van der Waals surface area contributed by atoms with Crippen molar-refractivity contribution in [1.29, 1.82) is 0 Å². The van der Waals surface area contributed by atoms with Gasteiger partial charge >= 0.3 is 5.69 Å². The molecule has 5 atom stereocenters. The number of nitrogens with two attached hydrogens (primary N) is 1. The highest BCUT2D eigenvalue weighted by molar-refractivity contribution is 6.28. The number of fused-ring (bicyclic) bond motifs is 3. The molecule has 0 bridgehead atoms. The molecule has 0 aliphatic heterocycles. The van der Waals surface area contributed by atoms with Crippen molar-refractivity contribution in [3.8, 4) is 5.75 Å². The molecule has 1 fully saturated rings. The number of carbonyl (C=O) groups is 3. The van der Waals surface area contributed by atoms with Gasteiger partial charge in [-0.05, 0) is 24.5 Å². The molecular weight excluding hydrogens is 424 g/mol. The molecule has 32 heavy (non-hydrogen) atoms. The van der Waals surface area contributed by atoms with E-state index in [0.29, 0.717) is 11.1 Å². The summed E-state index contributed by atoms with van der Waals surface area (Å²) in [7, 11) is 0. The lowest BCUT2D eigenvalue weighted by Crippen LogP contribution is -2.56. The van der Waals surface area contributed by atoms with Crippen LogP contribution in [-0.2, 0) is 20.8 Å². The van der Waals surface area contributed by atoms with E-state index in [1.165, 1.54) is 13.8 Å². The zero-order valence-electron chi connectivity index (χ0n) is 17.0. The topological polar surface area (TPSA) is 201 Å². The number of amides is 1. The summed E-state index contributed by atoms with van der Waals surface area (Å²) in [6.07, 6.45) is -1.42. The van der Waals surface area contributed by atoms with E-state index in [1.54, 1.807) is 0 Å². The number of hydrogen-bond acceptors (Lipinski definition) is 9. The second-order valence-corrected chi connectivity index (χ2v) is 8.43. The van der Waals surface area contributed by atoms with E-state index in [0.717, 1.165) is 6.07 Å². The van der Waals surface area contributed by atoms with Crippen molar-refractivity contribution in [2.75, 3.05) is 0 Å². The Labute approximate surface area is 180 Å². The van der Waals surface area contributed by atoms with Crippen LogP contribution in [0.5, 0.6) is 5.75 Å². The van der Waals surface area contributed by atoms with Gasteiger partial charge in [0.2, 0.25) is 5.75 Å². The Hall–Kier alpha value is -3.73. The third kappa shape index (κ3) is 2.60. The lowest BCUT2D eigenvalue weighted by atomic mass is 9.57. The van der Waals surface area contributed by atoms with Gasteiger partial charge in [0.15, 0.2) is 11.6 Å². The lowest BCUT2D eigenvalue weighted by Gasteiger charge is -2.46. The van der Waals surface area contributed by atoms with Gasteiger partial charge in [-0.15, -0.1) is 0 Å². The number of Topliss-reactive ketones (excluding diaryl/α,β-unsaturated/α-hetero) is 2. The van der Waals surface area contributed by atoms with Crippen LogP contribution in [-0.4, -0.2) is 48.9 Å². The van der Waals surface area contributed by atoms with Crippen LogP contribution in [0.4, 0.5) is 5.69 Å². The fourth-order valence-electron chi connectivity index (χ4n) is 5.33. The number of aromatic hydroxyl groups is 1. The van der Waals surface area contributed by atoms with Gasteiger partial charge in [-0.1, -0.05) is 6.92 Å². The predicted molar refractivity (Wildman–Crippen MR) is 107 cm³/mol. The van der Waals surface area contributed by atoms with Crippen LogP contribution in [0.15, 0.2) is 23.0 Å². The SMILES string of the molecule is Cc1cc([N+](=O)[O-])c(O)c2c1CC1C(=C2O)C(=O)C2C(=O)C(C(N)=O)=C(O)[C@@H](C)C2[C@H]1O. The minimum atomic E-state index is -1.59. The number of nitro groups is 1. The smallest absolute Gasteiger partial charge is 0.311 e. The number of primary amides is 1. The minimum Gasteiger partial charge on any atom is -0.511 e. The average molecular weight is 444 g/mol. The molecule has 3 aliphatic carbocycles. The van der Waals surface area contributed by atoms with Crippen molar-refractivity contribution in [2.45, 2.75) is 26.4 Å². The van der Waals surface area contributed by atoms with Gasteiger partial charge < -0.3 is 26.2 Å². The largest absolute Gasteiger partial charge is 0.511 e. The van der Waals surface area contributed by atoms with Gasteiger partial charge in [0.25, 0.3) is 5.91 Å². The molecule has 1 aromatic carbocycles. The van der Waals surface area contributed by atoms with Gasteiger partial charge in [-0.25, -0.2) is 0 Å². The summed E-state index contributed by atoms with van der Waals surface area (Å²) in [5, 5.41) is 54.1. The van der Waals surface area contributed by atoms with Crippen LogP contribution in [0.2, 0.25) is 0 Å². The Morgan fingerprint density at radius 2 is 1.84 bits per heavy atom. The zero-order valence-corrected chi connectivity index (χ0v) is 17.0. The molecule has 1 saturated carbocycles. The number of aliphatic hydroxyl groups excluding tert-OH is 3. The Morgan fingerprint density at radius 3 is 2.41 bits per heavy atom. The number of phenolic OH excluding ortho intramolecular Hbond substituents is 1. The first-order chi connectivity index (χ1) is 14.9. The molecule has 168 valence electrons. The van der Waals surface area contributed by atoms with E-state index < -0.39 is 80.7 Å². The molecule has 1 aromatic rings.